The Bertz CT molecular complexity index is 1030. The molecule has 2 aromatic rings. The predicted octanol–water partition coefficient (Wildman–Crippen LogP) is 3.12. The van der Waals surface area contributed by atoms with Gasteiger partial charge < -0.3 is 19.5 Å². The van der Waals surface area contributed by atoms with Crippen molar-refractivity contribution in [1.82, 2.24) is 19.8 Å². The Morgan fingerprint density at radius 1 is 1.38 bits per heavy atom. The molecule has 176 valence electrons. The van der Waals surface area contributed by atoms with Crippen LogP contribution in [0.3, 0.4) is 0 Å². The Kier molecular flexibility index (Phi) is 7.89. The van der Waals surface area contributed by atoms with Crippen molar-refractivity contribution in [2.75, 3.05) is 13.2 Å². The minimum atomic E-state index is -3.94. The topological polar surface area (TPSA) is 93.5 Å². The largest absolute Gasteiger partial charge is 0.376 e. The lowest BCUT2D eigenvalue weighted by Crippen LogP contribution is -2.43. The molecule has 8 nitrogen and oxygen atoms in total. The molecule has 0 aliphatic carbocycles. The fourth-order valence-electron chi connectivity index (χ4n) is 3.75. The van der Waals surface area contributed by atoms with E-state index in [2.05, 4.69) is 10.3 Å². The SMILES string of the molecule is CCNC(=O)N(Cc1cnc(S(=O)(=O)Cc2ccccc2F)n1C[C@H]1CCCO1)C(C)C. The van der Waals surface area contributed by atoms with E-state index in [0.29, 0.717) is 25.4 Å². The molecule has 1 aromatic heterocycles. The van der Waals surface area contributed by atoms with Gasteiger partial charge in [0.2, 0.25) is 15.0 Å². The first-order valence-corrected chi connectivity index (χ1v) is 12.5. The molecular formula is C22H31FN4O4S. The summed E-state index contributed by atoms with van der Waals surface area (Å²) in [5, 5.41) is 2.65. The van der Waals surface area contributed by atoms with Crippen LogP contribution in [0.4, 0.5) is 9.18 Å². The zero-order valence-corrected chi connectivity index (χ0v) is 19.6. The zero-order chi connectivity index (χ0) is 23.3. The molecule has 1 aromatic carbocycles. The highest BCUT2D eigenvalue weighted by Gasteiger charge is 2.29. The summed E-state index contributed by atoms with van der Waals surface area (Å²) in [6, 6.07) is 5.47. The van der Waals surface area contributed by atoms with Gasteiger partial charge in [-0.25, -0.2) is 22.6 Å². The molecule has 32 heavy (non-hydrogen) atoms. The van der Waals surface area contributed by atoms with Crippen molar-refractivity contribution in [2.45, 2.75) is 69.8 Å². The Morgan fingerprint density at radius 2 is 2.12 bits per heavy atom. The molecule has 1 aliphatic rings. The number of nitrogens with one attached hydrogen (secondary N) is 1. The van der Waals surface area contributed by atoms with Crippen molar-refractivity contribution in [1.29, 1.82) is 0 Å². The zero-order valence-electron chi connectivity index (χ0n) is 18.8. The van der Waals surface area contributed by atoms with E-state index in [4.69, 9.17) is 4.74 Å². The van der Waals surface area contributed by atoms with Gasteiger partial charge in [-0.3, -0.25) is 0 Å². The first-order valence-electron chi connectivity index (χ1n) is 10.9. The number of halogens is 1. The molecule has 1 saturated heterocycles. The van der Waals surface area contributed by atoms with Crippen LogP contribution in [0, 0.1) is 5.82 Å². The molecule has 1 atom stereocenters. The van der Waals surface area contributed by atoms with Crippen LogP contribution in [0.2, 0.25) is 0 Å². The molecule has 2 amide bonds. The predicted molar refractivity (Wildman–Crippen MR) is 118 cm³/mol. The number of ether oxygens (including phenoxy) is 1. The van der Waals surface area contributed by atoms with Crippen LogP contribution in [0.25, 0.3) is 0 Å². The van der Waals surface area contributed by atoms with E-state index in [0.717, 1.165) is 12.8 Å². The van der Waals surface area contributed by atoms with Crippen LogP contribution in [0.5, 0.6) is 0 Å². The maximum absolute atomic E-state index is 14.1. The van der Waals surface area contributed by atoms with Crippen LogP contribution in [0.1, 0.15) is 44.9 Å². The van der Waals surface area contributed by atoms with E-state index >= 15 is 0 Å². The number of benzene rings is 1. The minimum absolute atomic E-state index is 0.0897. The number of carbonyl (C=O) groups excluding carboxylic acids is 1. The van der Waals surface area contributed by atoms with Gasteiger partial charge in [0.15, 0.2) is 0 Å². The third-order valence-corrected chi connectivity index (χ3v) is 7.01. The standard InChI is InChI=1S/C22H31FN4O4S/c1-4-24-21(28)26(16(2)3)13-18-12-25-22(27(18)14-19-9-7-11-31-19)32(29,30)15-17-8-5-6-10-20(17)23/h5-6,8,10,12,16,19H,4,7,9,11,13-15H2,1-3H3,(H,24,28)/t19-/m1/s1. The number of nitrogens with zero attached hydrogens (tertiary/aromatic N) is 3. The van der Waals surface area contributed by atoms with Crippen molar-refractivity contribution >= 4 is 15.9 Å². The highest BCUT2D eigenvalue weighted by Crippen LogP contribution is 2.23. The van der Waals surface area contributed by atoms with Crippen molar-refractivity contribution in [3.05, 3.63) is 47.5 Å². The molecule has 0 spiro atoms. The van der Waals surface area contributed by atoms with Crippen molar-refractivity contribution in [3.63, 3.8) is 0 Å². The van der Waals surface area contributed by atoms with Crippen molar-refractivity contribution < 1.29 is 22.3 Å². The first kappa shape index (κ1) is 24.2. The molecule has 1 fully saturated rings. The van der Waals surface area contributed by atoms with E-state index in [1.54, 1.807) is 15.5 Å². The smallest absolute Gasteiger partial charge is 0.317 e. The van der Waals surface area contributed by atoms with Gasteiger partial charge in [-0.1, -0.05) is 18.2 Å². The lowest BCUT2D eigenvalue weighted by Gasteiger charge is -2.27. The first-order chi connectivity index (χ1) is 15.2. The summed E-state index contributed by atoms with van der Waals surface area (Å²) in [5.41, 5.74) is 0.680. The van der Waals surface area contributed by atoms with Crippen LogP contribution in [-0.2, 0) is 33.4 Å². The summed E-state index contributed by atoms with van der Waals surface area (Å²) in [4.78, 5) is 18.4. The average molecular weight is 467 g/mol. The lowest BCUT2D eigenvalue weighted by molar-refractivity contribution is 0.0932. The van der Waals surface area contributed by atoms with Gasteiger partial charge in [0.05, 0.1) is 36.8 Å². The number of aromatic nitrogens is 2. The molecule has 0 unspecified atom stereocenters. The maximum Gasteiger partial charge on any atom is 0.317 e. The summed E-state index contributed by atoms with van der Waals surface area (Å²) < 4.78 is 47.9. The summed E-state index contributed by atoms with van der Waals surface area (Å²) in [5.74, 6) is -1.07. The Balaban J connectivity index is 1.96. The molecular weight excluding hydrogens is 435 g/mol. The van der Waals surface area contributed by atoms with Gasteiger partial charge in [-0.05, 0) is 39.7 Å². The second kappa shape index (κ2) is 10.4. The van der Waals surface area contributed by atoms with Gasteiger partial charge in [0.1, 0.15) is 5.82 Å². The number of imidazole rings is 1. The third-order valence-electron chi connectivity index (χ3n) is 5.44. The number of sulfone groups is 1. The number of urea groups is 1. The van der Waals surface area contributed by atoms with Gasteiger partial charge in [0, 0.05) is 24.8 Å². The van der Waals surface area contributed by atoms with Crippen LogP contribution in [0.15, 0.2) is 35.6 Å². The van der Waals surface area contributed by atoms with Gasteiger partial charge >= 0.3 is 6.03 Å². The molecule has 0 saturated carbocycles. The molecule has 0 radical (unpaired) electrons. The Labute approximate surface area is 188 Å². The number of hydrogen-bond donors (Lipinski definition) is 1. The summed E-state index contributed by atoms with van der Waals surface area (Å²) in [7, 11) is -3.94. The number of hydrogen-bond acceptors (Lipinski definition) is 5. The molecule has 1 aliphatic heterocycles. The van der Waals surface area contributed by atoms with Crippen LogP contribution in [-0.4, -0.2) is 54.2 Å². The fourth-order valence-corrected chi connectivity index (χ4v) is 5.27. The van der Waals surface area contributed by atoms with Gasteiger partial charge in [0.25, 0.3) is 0 Å². The second-order valence-corrected chi connectivity index (χ2v) is 10.1. The van der Waals surface area contributed by atoms with Gasteiger partial charge in [-0.2, -0.15) is 0 Å². The number of amides is 2. The molecule has 2 heterocycles. The highest BCUT2D eigenvalue weighted by molar-refractivity contribution is 7.90. The maximum atomic E-state index is 14.1. The highest BCUT2D eigenvalue weighted by atomic mass is 32.2. The lowest BCUT2D eigenvalue weighted by atomic mass is 10.2. The number of rotatable bonds is 9. The van der Waals surface area contributed by atoms with Crippen LogP contribution < -0.4 is 5.32 Å². The summed E-state index contributed by atoms with van der Waals surface area (Å²) in [6.07, 6.45) is 3.07. The minimum Gasteiger partial charge on any atom is -0.376 e. The molecule has 10 heteroatoms. The van der Waals surface area contributed by atoms with Gasteiger partial charge in [-0.15, -0.1) is 0 Å². The normalized spacial score (nSPS) is 16.5. The van der Waals surface area contributed by atoms with Crippen molar-refractivity contribution in [3.8, 4) is 0 Å². The molecule has 1 N–H and O–H groups in total. The van der Waals surface area contributed by atoms with E-state index in [1.807, 2.05) is 20.8 Å². The second-order valence-electron chi connectivity index (χ2n) is 8.19. The average Bonchev–Trinajstić information content (AvgIpc) is 3.38. The summed E-state index contributed by atoms with van der Waals surface area (Å²) >= 11 is 0. The third kappa shape index (κ3) is 5.66. The van der Waals surface area contributed by atoms with Crippen molar-refractivity contribution in [2.24, 2.45) is 0 Å². The van der Waals surface area contributed by atoms with E-state index in [9.17, 15) is 17.6 Å². The Morgan fingerprint density at radius 3 is 2.75 bits per heavy atom. The Hall–Kier alpha value is -2.46. The fraction of sp³-hybridized carbons (Fsp3) is 0.545. The summed E-state index contributed by atoms with van der Waals surface area (Å²) in [6.45, 7) is 7.24. The molecule has 0 bridgehead atoms. The quantitative estimate of drug-likeness (QED) is 0.613. The van der Waals surface area contributed by atoms with E-state index in [1.165, 1.54) is 24.4 Å². The van der Waals surface area contributed by atoms with E-state index in [-0.39, 0.29) is 35.4 Å². The number of carbonyl (C=O) groups is 1. The van der Waals surface area contributed by atoms with E-state index < -0.39 is 21.4 Å². The monoisotopic (exact) mass is 466 g/mol. The molecule has 3 rings (SSSR count). The van der Waals surface area contributed by atoms with Crippen LogP contribution >= 0.6 is 0 Å².